The van der Waals surface area contributed by atoms with Gasteiger partial charge in [0.15, 0.2) is 0 Å². The molecule has 0 N–H and O–H groups in total. The van der Waals surface area contributed by atoms with E-state index in [0.717, 1.165) is 0 Å². The molecule has 0 saturated carbocycles. The molecular weight excluding hydrogens is 204 g/mol. The smallest absolute Gasteiger partial charge is 0.274 e. The Morgan fingerprint density at radius 1 is 1.69 bits per heavy atom. The predicted molar refractivity (Wildman–Crippen MR) is 59.6 cm³/mol. The highest BCUT2D eigenvalue weighted by Crippen LogP contribution is 2.07. The van der Waals surface area contributed by atoms with Crippen LogP contribution in [-0.2, 0) is 7.05 Å². The third-order valence-electron chi connectivity index (χ3n) is 2.27. The van der Waals surface area contributed by atoms with Crippen LogP contribution < -0.4 is 0 Å². The monoisotopic (exact) mass is 220 g/mol. The van der Waals surface area contributed by atoms with Gasteiger partial charge in [-0.3, -0.25) is 4.79 Å². The molecule has 0 atom stereocenters. The fourth-order valence-electron chi connectivity index (χ4n) is 1.44. The van der Waals surface area contributed by atoms with Crippen molar-refractivity contribution in [1.29, 1.82) is 5.26 Å². The summed E-state index contributed by atoms with van der Waals surface area (Å²) in [5, 5.41) is 8.55. The molecule has 0 radical (unpaired) electrons. The van der Waals surface area contributed by atoms with Crippen molar-refractivity contribution in [1.82, 2.24) is 14.5 Å². The molecule has 0 aliphatic carbocycles. The number of nitrogens with zero attached hydrogens (tertiary/aromatic N) is 4. The molecule has 1 aromatic rings. The van der Waals surface area contributed by atoms with Crippen molar-refractivity contribution in [3.05, 3.63) is 18.2 Å². The molecule has 1 amide bonds. The summed E-state index contributed by atoms with van der Waals surface area (Å²) in [4.78, 5) is 17.7. The molecule has 0 aromatic carbocycles. The van der Waals surface area contributed by atoms with Crippen LogP contribution >= 0.6 is 0 Å². The summed E-state index contributed by atoms with van der Waals surface area (Å²) in [5.74, 6) is -0.120. The molecule has 0 aliphatic heterocycles. The first-order valence-corrected chi connectivity index (χ1v) is 5.22. The highest BCUT2D eigenvalue weighted by Gasteiger charge is 2.19. The zero-order valence-electron chi connectivity index (χ0n) is 9.84. The summed E-state index contributed by atoms with van der Waals surface area (Å²) >= 11 is 0. The summed E-state index contributed by atoms with van der Waals surface area (Å²) in [6.07, 6.45) is 3.62. The molecule has 1 aromatic heterocycles. The quantitative estimate of drug-likeness (QED) is 0.765. The summed E-state index contributed by atoms with van der Waals surface area (Å²) in [7, 11) is 1.82. The van der Waals surface area contributed by atoms with Gasteiger partial charge in [-0.2, -0.15) is 5.26 Å². The first kappa shape index (κ1) is 12.2. The van der Waals surface area contributed by atoms with Crippen molar-refractivity contribution in [3.63, 3.8) is 0 Å². The van der Waals surface area contributed by atoms with Crippen LogP contribution in [0.5, 0.6) is 0 Å². The van der Waals surface area contributed by atoms with Crippen LogP contribution in [0.15, 0.2) is 12.5 Å². The Hall–Kier alpha value is -1.83. The largest absolute Gasteiger partial charge is 0.340 e. The van der Waals surface area contributed by atoms with E-state index in [4.69, 9.17) is 5.26 Å². The zero-order chi connectivity index (χ0) is 12.1. The average molecular weight is 220 g/mol. The Morgan fingerprint density at radius 3 is 2.81 bits per heavy atom. The Morgan fingerprint density at radius 2 is 2.38 bits per heavy atom. The predicted octanol–water partition coefficient (Wildman–Crippen LogP) is 1.18. The van der Waals surface area contributed by atoms with E-state index in [0.29, 0.717) is 18.7 Å². The summed E-state index contributed by atoms with van der Waals surface area (Å²) in [5.41, 5.74) is 0.425. The van der Waals surface area contributed by atoms with Crippen LogP contribution in [0, 0.1) is 11.3 Å². The molecule has 1 heterocycles. The Balaban J connectivity index is 2.79. The molecule has 0 aliphatic rings. The first-order chi connectivity index (χ1) is 7.56. The van der Waals surface area contributed by atoms with Crippen LogP contribution in [0.3, 0.4) is 0 Å². The third kappa shape index (κ3) is 2.83. The Labute approximate surface area is 95.3 Å². The molecular formula is C11H16N4O. The van der Waals surface area contributed by atoms with Crippen LogP contribution in [0.2, 0.25) is 0 Å². The zero-order valence-corrected chi connectivity index (χ0v) is 9.84. The Bertz CT molecular complexity index is 402. The molecule has 0 spiro atoms. The van der Waals surface area contributed by atoms with Gasteiger partial charge in [0.1, 0.15) is 5.69 Å². The lowest BCUT2D eigenvalue weighted by Gasteiger charge is -2.24. The van der Waals surface area contributed by atoms with Gasteiger partial charge < -0.3 is 9.47 Å². The second-order valence-electron chi connectivity index (χ2n) is 3.92. The molecule has 0 bridgehead atoms. The maximum atomic E-state index is 12.0. The van der Waals surface area contributed by atoms with E-state index in [9.17, 15) is 4.79 Å². The van der Waals surface area contributed by atoms with Crippen LogP contribution in [0.1, 0.15) is 30.8 Å². The van der Waals surface area contributed by atoms with Gasteiger partial charge in [0.2, 0.25) is 0 Å². The van der Waals surface area contributed by atoms with E-state index in [-0.39, 0.29) is 11.9 Å². The SMILES string of the molecule is CC(C)N(CCC#N)C(=O)c1cn(C)cn1. The normalized spacial score (nSPS) is 10.2. The van der Waals surface area contributed by atoms with E-state index >= 15 is 0 Å². The fourth-order valence-corrected chi connectivity index (χ4v) is 1.44. The van der Waals surface area contributed by atoms with E-state index in [1.54, 1.807) is 22.0 Å². The minimum atomic E-state index is -0.120. The van der Waals surface area contributed by atoms with Crippen molar-refractivity contribution in [2.45, 2.75) is 26.3 Å². The molecule has 1 rings (SSSR count). The van der Waals surface area contributed by atoms with E-state index in [1.807, 2.05) is 27.0 Å². The van der Waals surface area contributed by atoms with Gasteiger partial charge in [0.05, 0.1) is 18.8 Å². The number of hydrogen-bond donors (Lipinski definition) is 0. The second-order valence-corrected chi connectivity index (χ2v) is 3.92. The topological polar surface area (TPSA) is 61.9 Å². The molecule has 0 saturated heterocycles. The van der Waals surface area contributed by atoms with E-state index in [1.165, 1.54) is 0 Å². The van der Waals surface area contributed by atoms with Gasteiger partial charge in [-0.1, -0.05) is 0 Å². The maximum Gasteiger partial charge on any atom is 0.274 e. The minimum Gasteiger partial charge on any atom is -0.340 e. The van der Waals surface area contributed by atoms with Gasteiger partial charge in [0.25, 0.3) is 5.91 Å². The summed E-state index contributed by atoms with van der Waals surface area (Å²) in [6, 6.07) is 2.12. The van der Waals surface area contributed by atoms with Gasteiger partial charge >= 0.3 is 0 Å². The van der Waals surface area contributed by atoms with Crippen molar-refractivity contribution in [2.75, 3.05) is 6.54 Å². The van der Waals surface area contributed by atoms with Crippen LogP contribution in [0.4, 0.5) is 0 Å². The fraction of sp³-hybridized carbons (Fsp3) is 0.545. The standard InChI is InChI=1S/C11H16N4O/c1-9(2)15(6-4-5-12)11(16)10-7-14(3)8-13-10/h7-9H,4,6H2,1-3H3. The summed E-state index contributed by atoms with van der Waals surface area (Å²) < 4.78 is 1.73. The molecule has 0 fully saturated rings. The maximum absolute atomic E-state index is 12.0. The number of hydrogen-bond acceptors (Lipinski definition) is 3. The minimum absolute atomic E-state index is 0.0721. The molecule has 86 valence electrons. The highest BCUT2D eigenvalue weighted by molar-refractivity contribution is 5.92. The lowest BCUT2D eigenvalue weighted by atomic mass is 10.2. The van der Waals surface area contributed by atoms with Crippen molar-refractivity contribution in [3.8, 4) is 6.07 Å². The van der Waals surface area contributed by atoms with Crippen molar-refractivity contribution in [2.24, 2.45) is 7.05 Å². The highest BCUT2D eigenvalue weighted by atomic mass is 16.2. The van der Waals surface area contributed by atoms with Crippen molar-refractivity contribution < 1.29 is 4.79 Å². The lowest BCUT2D eigenvalue weighted by Crippen LogP contribution is -2.37. The van der Waals surface area contributed by atoms with E-state index in [2.05, 4.69) is 4.98 Å². The number of amides is 1. The molecule has 16 heavy (non-hydrogen) atoms. The number of aryl methyl sites for hydroxylation is 1. The number of carbonyl (C=O) groups is 1. The number of rotatable bonds is 4. The molecule has 5 heteroatoms. The Kier molecular flexibility index (Phi) is 4.06. The first-order valence-electron chi connectivity index (χ1n) is 5.22. The molecule has 5 nitrogen and oxygen atoms in total. The van der Waals surface area contributed by atoms with Crippen LogP contribution in [0.25, 0.3) is 0 Å². The molecule has 0 unspecified atom stereocenters. The van der Waals surface area contributed by atoms with Gasteiger partial charge in [-0.15, -0.1) is 0 Å². The van der Waals surface area contributed by atoms with Gasteiger partial charge in [0, 0.05) is 25.8 Å². The van der Waals surface area contributed by atoms with Gasteiger partial charge in [-0.05, 0) is 13.8 Å². The summed E-state index contributed by atoms with van der Waals surface area (Å²) in [6.45, 7) is 4.31. The number of imidazole rings is 1. The van der Waals surface area contributed by atoms with Crippen LogP contribution in [-0.4, -0.2) is 32.9 Å². The average Bonchev–Trinajstić information content (AvgIpc) is 2.64. The van der Waals surface area contributed by atoms with Gasteiger partial charge in [-0.25, -0.2) is 4.98 Å². The number of aromatic nitrogens is 2. The number of nitriles is 1. The lowest BCUT2D eigenvalue weighted by molar-refractivity contribution is 0.0704. The van der Waals surface area contributed by atoms with Crippen molar-refractivity contribution >= 4 is 5.91 Å². The third-order valence-corrected chi connectivity index (χ3v) is 2.27. The van der Waals surface area contributed by atoms with E-state index < -0.39 is 0 Å². The number of carbonyl (C=O) groups excluding carboxylic acids is 1. The second kappa shape index (κ2) is 5.31.